The molecule has 150 valence electrons. The number of aromatic nitrogens is 1. The average molecular weight is 413 g/mol. The Morgan fingerprint density at radius 1 is 1.28 bits per heavy atom. The standard InChI is InChI=1S/C21H21ClN4O3/c1-11-18-17(5-6-28-11)29-16-4-3-12(13-7-14(22)10-24-9-13)8-15(16)21(18)19(27)26(2)20(23)25-21/h3-4,7-11,17-18H,5-6H2,1-2H3,(H2,23,25)/t11-,17-,18?,21+/m1/s1. The first kappa shape index (κ1) is 18.4. The summed E-state index contributed by atoms with van der Waals surface area (Å²) < 4.78 is 12.2. The summed E-state index contributed by atoms with van der Waals surface area (Å²) in [7, 11) is 1.65. The normalized spacial score (nSPS) is 30.6. The fourth-order valence-electron chi connectivity index (χ4n) is 4.77. The van der Waals surface area contributed by atoms with Crippen LogP contribution in [0.15, 0.2) is 41.7 Å². The van der Waals surface area contributed by atoms with Crippen molar-refractivity contribution in [2.75, 3.05) is 13.7 Å². The maximum absolute atomic E-state index is 13.5. The van der Waals surface area contributed by atoms with Gasteiger partial charge in [0.15, 0.2) is 11.5 Å². The van der Waals surface area contributed by atoms with Gasteiger partial charge in [-0.25, -0.2) is 4.99 Å². The van der Waals surface area contributed by atoms with Crippen LogP contribution in [-0.4, -0.2) is 47.6 Å². The molecule has 2 aromatic rings. The molecule has 1 fully saturated rings. The number of benzene rings is 1. The van der Waals surface area contributed by atoms with Gasteiger partial charge in [0.25, 0.3) is 5.91 Å². The third kappa shape index (κ3) is 2.57. The zero-order valence-electron chi connectivity index (χ0n) is 16.1. The SMILES string of the molecule is C[C@H]1OCC[C@H]2Oc3ccc(-c4cncc(Cl)c4)cc3[C@]3(N=C(N)N(C)C3=O)C12. The largest absolute Gasteiger partial charge is 0.489 e. The minimum absolute atomic E-state index is 0.159. The summed E-state index contributed by atoms with van der Waals surface area (Å²) in [5, 5.41) is 0.541. The van der Waals surface area contributed by atoms with E-state index >= 15 is 0 Å². The molecule has 1 unspecified atom stereocenters. The van der Waals surface area contributed by atoms with E-state index in [9.17, 15) is 4.79 Å². The van der Waals surface area contributed by atoms with E-state index in [0.29, 0.717) is 29.4 Å². The van der Waals surface area contributed by atoms with Gasteiger partial charge >= 0.3 is 0 Å². The monoisotopic (exact) mass is 412 g/mol. The molecule has 1 aromatic heterocycles. The minimum atomic E-state index is -1.17. The highest BCUT2D eigenvalue weighted by Crippen LogP contribution is 2.53. The Bertz CT molecular complexity index is 1040. The number of likely N-dealkylation sites (N-methyl/N-ethyl adjacent to an activating group) is 1. The Kier molecular flexibility index (Phi) is 4.08. The predicted molar refractivity (Wildman–Crippen MR) is 109 cm³/mol. The van der Waals surface area contributed by atoms with Crippen LogP contribution >= 0.6 is 11.6 Å². The average Bonchev–Trinajstić information content (AvgIpc) is 2.92. The van der Waals surface area contributed by atoms with Gasteiger partial charge in [-0.15, -0.1) is 0 Å². The van der Waals surface area contributed by atoms with Crippen LogP contribution in [0.5, 0.6) is 5.75 Å². The summed E-state index contributed by atoms with van der Waals surface area (Å²) in [6, 6.07) is 7.61. The number of carbonyl (C=O) groups excluding carboxylic acids is 1. The third-order valence-electron chi connectivity index (χ3n) is 6.14. The molecule has 5 rings (SSSR count). The molecule has 4 heterocycles. The number of rotatable bonds is 1. The second-order valence-corrected chi connectivity index (χ2v) is 8.19. The van der Waals surface area contributed by atoms with E-state index in [1.54, 1.807) is 19.4 Å². The molecule has 8 heteroatoms. The Labute approximate surface area is 173 Å². The molecule has 3 aliphatic heterocycles. The number of amides is 1. The van der Waals surface area contributed by atoms with Crippen LogP contribution in [0.25, 0.3) is 11.1 Å². The number of fused-ring (bicyclic) bond motifs is 4. The van der Waals surface area contributed by atoms with Crippen LogP contribution < -0.4 is 10.5 Å². The highest BCUT2D eigenvalue weighted by Gasteiger charge is 2.62. The first-order valence-electron chi connectivity index (χ1n) is 9.59. The third-order valence-corrected chi connectivity index (χ3v) is 6.35. The Hall–Kier alpha value is -2.64. The van der Waals surface area contributed by atoms with Crippen LogP contribution in [0.3, 0.4) is 0 Å². The smallest absolute Gasteiger partial charge is 0.262 e. The predicted octanol–water partition coefficient (Wildman–Crippen LogP) is 2.57. The van der Waals surface area contributed by atoms with E-state index in [-0.39, 0.29) is 30.0 Å². The number of guanidine groups is 1. The molecule has 0 radical (unpaired) electrons. The van der Waals surface area contributed by atoms with Gasteiger partial charge in [-0.3, -0.25) is 14.7 Å². The van der Waals surface area contributed by atoms with Crippen molar-refractivity contribution in [1.29, 1.82) is 0 Å². The van der Waals surface area contributed by atoms with E-state index < -0.39 is 5.54 Å². The van der Waals surface area contributed by atoms with Crippen LogP contribution in [0.1, 0.15) is 18.9 Å². The van der Waals surface area contributed by atoms with Gasteiger partial charge in [-0.1, -0.05) is 17.7 Å². The highest BCUT2D eigenvalue weighted by atomic mass is 35.5. The maximum atomic E-state index is 13.5. The van der Waals surface area contributed by atoms with E-state index in [1.807, 2.05) is 31.2 Å². The molecule has 29 heavy (non-hydrogen) atoms. The summed E-state index contributed by atoms with van der Waals surface area (Å²) in [5.41, 5.74) is 7.37. The van der Waals surface area contributed by atoms with Gasteiger partial charge in [-0.05, 0) is 30.7 Å². The summed E-state index contributed by atoms with van der Waals surface area (Å²) in [5.74, 6) is 0.425. The van der Waals surface area contributed by atoms with Gasteiger partial charge < -0.3 is 15.2 Å². The first-order valence-corrected chi connectivity index (χ1v) is 9.97. The summed E-state index contributed by atoms with van der Waals surface area (Å²) in [4.78, 5) is 23.9. The lowest BCUT2D eigenvalue weighted by Crippen LogP contribution is -2.58. The van der Waals surface area contributed by atoms with Gasteiger partial charge in [0.1, 0.15) is 11.9 Å². The molecule has 3 aliphatic rings. The number of pyridine rings is 1. The lowest BCUT2D eigenvalue weighted by molar-refractivity contribution is -0.149. The molecule has 1 saturated heterocycles. The molecule has 0 saturated carbocycles. The van der Waals surface area contributed by atoms with Crippen molar-refractivity contribution in [3.05, 3.63) is 47.2 Å². The molecular weight excluding hydrogens is 392 g/mol. The molecule has 2 N–H and O–H groups in total. The van der Waals surface area contributed by atoms with Crippen LogP contribution in [0, 0.1) is 5.92 Å². The molecule has 4 atom stereocenters. The second-order valence-electron chi connectivity index (χ2n) is 7.75. The maximum Gasteiger partial charge on any atom is 0.262 e. The Balaban J connectivity index is 1.74. The van der Waals surface area contributed by atoms with Gasteiger partial charge in [0, 0.05) is 37.0 Å². The van der Waals surface area contributed by atoms with Crippen LogP contribution in [0.4, 0.5) is 0 Å². The lowest BCUT2D eigenvalue weighted by Gasteiger charge is -2.48. The van der Waals surface area contributed by atoms with E-state index in [1.165, 1.54) is 4.90 Å². The zero-order valence-corrected chi connectivity index (χ0v) is 16.9. The fraction of sp³-hybridized carbons (Fsp3) is 0.381. The fourth-order valence-corrected chi connectivity index (χ4v) is 4.95. The van der Waals surface area contributed by atoms with Gasteiger partial charge in [0.05, 0.1) is 23.7 Å². The molecular formula is C21H21ClN4O3. The zero-order chi connectivity index (χ0) is 20.3. The van der Waals surface area contributed by atoms with E-state index in [0.717, 1.165) is 11.1 Å². The highest BCUT2D eigenvalue weighted by molar-refractivity contribution is 6.30. The molecule has 0 aliphatic carbocycles. The Morgan fingerprint density at radius 2 is 2.10 bits per heavy atom. The Morgan fingerprint density at radius 3 is 2.83 bits per heavy atom. The lowest BCUT2D eigenvalue weighted by atomic mass is 9.68. The van der Waals surface area contributed by atoms with Crippen molar-refractivity contribution < 1.29 is 14.3 Å². The summed E-state index contributed by atoms with van der Waals surface area (Å²) >= 11 is 6.13. The van der Waals surface area contributed by atoms with Crippen LogP contribution in [0.2, 0.25) is 5.02 Å². The number of aliphatic imine (C=N–C) groups is 1. The number of hydrogen-bond acceptors (Lipinski definition) is 6. The molecule has 7 nitrogen and oxygen atoms in total. The van der Waals surface area contributed by atoms with Crippen molar-refractivity contribution in [3.63, 3.8) is 0 Å². The topological polar surface area (TPSA) is 90.0 Å². The van der Waals surface area contributed by atoms with Gasteiger partial charge in [0.2, 0.25) is 0 Å². The summed E-state index contributed by atoms with van der Waals surface area (Å²) in [6.07, 6.45) is 3.64. The van der Waals surface area contributed by atoms with E-state index in [2.05, 4.69) is 4.98 Å². The number of nitrogens with zero attached hydrogens (tertiary/aromatic N) is 3. The molecule has 0 bridgehead atoms. The van der Waals surface area contributed by atoms with Crippen molar-refractivity contribution in [2.24, 2.45) is 16.6 Å². The van der Waals surface area contributed by atoms with E-state index in [4.69, 9.17) is 31.8 Å². The van der Waals surface area contributed by atoms with Crippen molar-refractivity contribution in [3.8, 4) is 16.9 Å². The van der Waals surface area contributed by atoms with Crippen molar-refractivity contribution >= 4 is 23.5 Å². The van der Waals surface area contributed by atoms with Gasteiger partial charge in [-0.2, -0.15) is 0 Å². The van der Waals surface area contributed by atoms with Crippen molar-refractivity contribution in [2.45, 2.75) is 31.1 Å². The molecule has 1 aromatic carbocycles. The van der Waals surface area contributed by atoms with Crippen molar-refractivity contribution in [1.82, 2.24) is 9.88 Å². The summed E-state index contributed by atoms with van der Waals surface area (Å²) in [6.45, 7) is 2.55. The minimum Gasteiger partial charge on any atom is -0.489 e. The number of nitrogens with two attached hydrogens (primary N) is 1. The molecule has 1 spiro atoms. The number of ether oxygens (including phenoxy) is 2. The number of halogens is 1. The molecule has 1 amide bonds. The first-order chi connectivity index (χ1) is 13.9. The number of carbonyl (C=O) groups is 1. The second kappa shape index (κ2) is 6.43. The quantitative estimate of drug-likeness (QED) is 0.777. The van der Waals surface area contributed by atoms with Crippen LogP contribution in [-0.2, 0) is 15.1 Å². The number of hydrogen-bond donors (Lipinski definition) is 1.